The molecule has 2 aromatic heterocycles. The van der Waals surface area contributed by atoms with Crippen molar-refractivity contribution in [1.29, 1.82) is 0 Å². The van der Waals surface area contributed by atoms with Crippen molar-refractivity contribution < 1.29 is 4.74 Å². The largest absolute Gasteiger partial charge is 0.494 e. The standard InChI is InChI=1S/C17H22N6O/c1-12-3-6-18-17(21-12)23-8-5-13-4-7-22(11-15(13)23)16-19-9-14(24-2)10-20-16/h3,6,9-10,13,15H,4-5,7-8,11H2,1-2H3. The van der Waals surface area contributed by atoms with E-state index in [1.807, 2.05) is 19.2 Å². The Bertz CT molecular complexity index is 706. The average Bonchev–Trinajstić information content (AvgIpc) is 3.05. The molecular weight excluding hydrogens is 304 g/mol. The highest BCUT2D eigenvalue weighted by atomic mass is 16.5. The van der Waals surface area contributed by atoms with E-state index < -0.39 is 0 Å². The molecule has 0 saturated carbocycles. The van der Waals surface area contributed by atoms with Gasteiger partial charge in [0, 0.05) is 31.5 Å². The maximum atomic E-state index is 5.14. The van der Waals surface area contributed by atoms with Crippen molar-refractivity contribution in [3.8, 4) is 5.75 Å². The third-order valence-corrected chi connectivity index (χ3v) is 5.03. The summed E-state index contributed by atoms with van der Waals surface area (Å²) in [6, 6.07) is 2.36. The number of fused-ring (bicyclic) bond motifs is 1. The summed E-state index contributed by atoms with van der Waals surface area (Å²) in [5.41, 5.74) is 1.01. The van der Waals surface area contributed by atoms with Crippen molar-refractivity contribution in [3.05, 3.63) is 30.4 Å². The molecule has 4 heterocycles. The van der Waals surface area contributed by atoms with Crippen LogP contribution in [0.4, 0.5) is 11.9 Å². The van der Waals surface area contributed by atoms with Gasteiger partial charge in [0.15, 0.2) is 5.75 Å². The number of ether oxygens (including phenoxy) is 1. The van der Waals surface area contributed by atoms with Crippen LogP contribution in [-0.4, -0.2) is 52.7 Å². The molecule has 2 unspecified atom stereocenters. The number of methoxy groups -OCH3 is 1. The van der Waals surface area contributed by atoms with Crippen LogP contribution in [0.2, 0.25) is 0 Å². The van der Waals surface area contributed by atoms with Crippen LogP contribution in [-0.2, 0) is 0 Å². The smallest absolute Gasteiger partial charge is 0.225 e. The zero-order chi connectivity index (χ0) is 16.5. The molecule has 0 aliphatic carbocycles. The number of hydrogen-bond donors (Lipinski definition) is 0. The molecule has 0 N–H and O–H groups in total. The lowest BCUT2D eigenvalue weighted by atomic mass is 9.92. The lowest BCUT2D eigenvalue weighted by Gasteiger charge is -2.38. The Labute approximate surface area is 141 Å². The third-order valence-electron chi connectivity index (χ3n) is 5.03. The zero-order valence-corrected chi connectivity index (χ0v) is 14.1. The first-order chi connectivity index (χ1) is 11.7. The summed E-state index contributed by atoms with van der Waals surface area (Å²) < 4.78 is 5.14. The van der Waals surface area contributed by atoms with E-state index in [2.05, 4.69) is 29.7 Å². The van der Waals surface area contributed by atoms with E-state index in [-0.39, 0.29) is 0 Å². The van der Waals surface area contributed by atoms with Gasteiger partial charge in [-0.1, -0.05) is 0 Å². The van der Waals surface area contributed by atoms with Crippen molar-refractivity contribution in [3.63, 3.8) is 0 Å². The summed E-state index contributed by atoms with van der Waals surface area (Å²) in [7, 11) is 1.63. The third kappa shape index (κ3) is 2.74. The number of hydrogen-bond acceptors (Lipinski definition) is 7. The molecule has 0 aromatic carbocycles. The normalized spacial score (nSPS) is 23.2. The van der Waals surface area contributed by atoms with Gasteiger partial charge in [-0.2, -0.15) is 0 Å². The molecular formula is C17H22N6O. The number of aryl methyl sites for hydroxylation is 1. The molecule has 2 saturated heterocycles. The van der Waals surface area contributed by atoms with Crippen molar-refractivity contribution in [2.24, 2.45) is 5.92 Å². The lowest BCUT2D eigenvalue weighted by Crippen LogP contribution is -2.49. The van der Waals surface area contributed by atoms with Crippen LogP contribution in [0.25, 0.3) is 0 Å². The van der Waals surface area contributed by atoms with Gasteiger partial charge >= 0.3 is 0 Å². The van der Waals surface area contributed by atoms with E-state index in [1.54, 1.807) is 19.5 Å². The summed E-state index contributed by atoms with van der Waals surface area (Å²) in [5, 5.41) is 0. The fraction of sp³-hybridized carbons (Fsp3) is 0.529. The molecule has 7 heteroatoms. The van der Waals surface area contributed by atoms with Crippen molar-refractivity contribution in [1.82, 2.24) is 19.9 Å². The van der Waals surface area contributed by atoms with Gasteiger partial charge in [0.2, 0.25) is 11.9 Å². The molecule has 2 atom stereocenters. The molecule has 0 spiro atoms. The Morgan fingerprint density at radius 1 is 1.08 bits per heavy atom. The Balaban J connectivity index is 1.54. The minimum atomic E-state index is 0.422. The van der Waals surface area contributed by atoms with Crippen LogP contribution in [0.3, 0.4) is 0 Å². The van der Waals surface area contributed by atoms with Crippen LogP contribution >= 0.6 is 0 Å². The topological polar surface area (TPSA) is 67.3 Å². The monoisotopic (exact) mass is 326 g/mol. The summed E-state index contributed by atoms with van der Waals surface area (Å²) in [6.07, 6.45) is 7.66. The van der Waals surface area contributed by atoms with Crippen LogP contribution in [0, 0.1) is 12.8 Å². The van der Waals surface area contributed by atoms with Gasteiger partial charge in [0.1, 0.15) is 0 Å². The Hall–Kier alpha value is -2.44. The van der Waals surface area contributed by atoms with E-state index >= 15 is 0 Å². The van der Waals surface area contributed by atoms with E-state index in [0.29, 0.717) is 17.7 Å². The van der Waals surface area contributed by atoms with Gasteiger partial charge in [-0.25, -0.2) is 19.9 Å². The zero-order valence-electron chi connectivity index (χ0n) is 14.1. The molecule has 4 rings (SSSR count). The van der Waals surface area contributed by atoms with E-state index in [9.17, 15) is 0 Å². The molecule has 2 aliphatic rings. The van der Waals surface area contributed by atoms with Crippen molar-refractivity contribution in [2.75, 3.05) is 36.5 Å². The quantitative estimate of drug-likeness (QED) is 0.850. The Morgan fingerprint density at radius 3 is 2.62 bits per heavy atom. The van der Waals surface area contributed by atoms with Gasteiger partial charge < -0.3 is 14.5 Å². The number of rotatable bonds is 3. The second kappa shape index (κ2) is 6.22. The summed E-state index contributed by atoms with van der Waals surface area (Å²) in [6.45, 7) is 4.94. The number of piperidine rings is 1. The summed E-state index contributed by atoms with van der Waals surface area (Å²) in [5.74, 6) is 3.00. The van der Waals surface area contributed by atoms with Crippen LogP contribution in [0.5, 0.6) is 5.75 Å². The second-order valence-electron chi connectivity index (χ2n) is 6.47. The van der Waals surface area contributed by atoms with Gasteiger partial charge in [-0.3, -0.25) is 0 Å². The van der Waals surface area contributed by atoms with E-state index in [1.165, 1.54) is 6.42 Å². The maximum absolute atomic E-state index is 5.14. The van der Waals surface area contributed by atoms with Gasteiger partial charge in [-0.05, 0) is 31.7 Å². The van der Waals surface area contributed by atoms with Crippen molar-refractivity contribution >= 4 is 11.9 Å². The molecule has 0 amide bonds. The van der Waals surface area contributed by atoms with Gasteiger partial charge in [-0.15, -0.1) is 0 Å². The minimum absolute atomic E-state index is 0.422. The van der Waals surface area contributed by atoms with Crippen molar-refractivity contribution in [2.45, 2.75) is 25.8 Å². The molecule has 7 nitrogen and oxygen atoms in total. The average molecular weight is 326 g/mol. The number of nitrogens with zero attached hydrogens (tertiary/aromatic N) is 6. The van der Waals surface area contributed by atoms with Gasteiger partial charge in [0.05, 0.1) is 25.5 Å². The molecule has 24 heavy (non-hydrogen) atoms. The minimum Gasteiger partial charge on any atom is -0.494 e. The predicted molar refractivity (Wildman–Crippen MR) is 91.4 cm³/mol. The molecule has 0 bridgehead atoms. The SMILES string of the molecule is COc1cnc(N2CCC3CCN(c4nccc(C)n4)C3C2)nc1. The first kappa shape index (κ1) is 15.1. The fourth-order valence-corrected chi connectivity index (χ4v) is 3.72. The van der Waals surface area contributed by atoms with E-state index in [4.69, 9.17) is 4.74 Å². The predicted octanol–water partition coefficient (Wildman–Crippen LogP) is 1.69. The Morgan fingerprint density at radius 2 is 1.88 bits per heavy atom. The highest BCUT2D eigenvalue weighted by molar-refractivity contribution is 5.40. The summed E-state index contributed by atoms with van der Waals surface area (Å²) >= 11 is 0. The van der Waals surface area contributed by atoms with Crippen LogP contribution < -0.4 is 14.5 Å². The summed E-state index contributed by atoms with van der Waals surface area (Å²) in [4.78, 5) is 22.6. The molecule has 2 aromatic rings. The van der Waals surface area contributed by atoms with Crippen LogP contribution in [0.1, 0.15) is 18.5 Å². The fourth-order valence-electron chi connectivity index (χ4n) is 3.72. The number of aromatic nitrogens is 4. The molecule has 0 radical (unpaired) electrons. The molecule has 2 fully saturated rings. The second-order valence-corrected chi connectivity index (χ2v) is 6.47. The number of anilines is 2. The highest BCUT2D eigenvalue weighted by Crippen LogP contribution is 2.34. The highest BCUT2D eigenvalue weighted by Gasteiger charge is 2.40. The maximum Gasteiger partial charge on any atom is 0.225 e. The first-order valence-corrected chi connectivity index (χ1v) is 8.42. The Kier molecular flexibility index (Phi) is 3.92. The van der Waals surface area contributed by atoms with Gasteiger partial charge in [0.25, 0.3) is 0 Å². The van der Waals surface area contributed by atoms with Crippen LogP contribution in [0.15, 0.2) is 24.7 Å². The van der Waals surface area contributed by atoms with E-state index in [0.717, 1.165) is 43.6 Å². The first-order valence-electron chi connectivity index (χ1n) is 8.42. The molecule has 2 aliphatic heterocycles. The molecule has 126 valence electrons. The lowest BCUT2D eigenvalue weighted by molar-refractivity contribution is 0.384.